The van der Waals surface area contributed by atoms with Crippen molar-refractivity contribution in [1.82, 2.24) is 0 Å². The number of para-hydroxylation sites is 1. The van der Waals surface area contributed by atoms with Crippen LogP contribution in [0.1, 0.15) is 18.1 Å². The molecular weight excluding hydrogens is 343 g/mol. The van der Waals surface area contributed by atoms with Crippen LogP contribution in [0, 0.1) is 5.82 Å². The summed E-state index contributed by atoms with van der Waals surface area (Å²) in [5, 5.41) is 4.24. The number of hydrazone groups is 1. The number of halogens is 1. The Morgan fingerprint density at radius 1 is 0.926 bits per heavy atom. The van der Waals surface area contributed by atoms with Gasteiger partial charge in [0.15, 0.2) is 11.5 Å². The summed E-state index contributed by atoms with van der Waals surface area (Å²) >= 11 is 0. The van der Waals surface area contributed by atoms with Gasteiger partial charge in [-0.2, -0.15) is 5.10 Å². The van der Waals surface area contributed by atoms with E-state index in [9.17, 15) is 4.39 Å². The molecule has 0 spiro atoms. The number of benzene rings is 3. The molecule has 0 heterocycles. The van der Waals surface area contributed by atoms with Crippen molar-refractivity contribution in [3.05, 3.63) is 89.7 Å². The Labute approximate surface area is 158 Å². The van der Waals surface area contributed by atoms with E-state index in [0.717, 1.165) is 16.8 Å². The number of ether oxygens (including phenoxy) is 2. The highest BCUT2D eigenvalue weighted by atomic mass is 19.1. The predicted octanol–water partition coefficient (Wildman–Crippen LogP) is 5.25. The summed E-state index contributed by atoms with van der Waals surface area (Å²) in [7, 11) is 0. The Hall–Kier alpha value is -3.34. The van der Waals surface area contributed by atoms with Crippen LogP contribution in [-0.4, -0.2) is 12.8 Å². The maximum absolute atomic E-state index is 13.0. The second-order valence-electron chi connectivity index (χ2n) is 5.79. The van der Waals surface area contributed by atoms with Crippen LogP contribution in [0.15, 0.2) is 77.9 Å². The smallest absolute Gasteiger partial charge is 0.161 e. The van der Waals surface area contributed by atoms with Gasteiger partial charge in [-0.25, -0.2) is 4.39 Å². The highest BCUT2D eigenvalue weighted by molar-refractivity contribution is 5.81. The Bertz CT molecular complexity index is 881. The summed E-state index contributed by atoms with van der Waals surface area (Å²) in [6, 6.07) is 21.6. The number of rotatable bonds is 8. The summed E-state index contributed by atoms with van der Waals surface area (Å²) in [4.78, 5) is 0. The molecule has 0 fully saturated rings. The number of nitrogens with one attached hydrogen (secondary N) is 1. The van der Waals surface area contributed by atoms with Crippen LogP contribution in [0.2, 0.25) is 0 Å². The van der Waals surface area contributed by atoms with Crippen LogP contribution in [0.25, 0.3) is 0 Å². The predicted molar refractivity (Wildman–Crippen MR) is 106 cm³/mol. The van der Waals surface area contributed by atoms with Crippen LogP contribution in [-0.2, 0) is 6.61 Å². The van der Waals surface area contributed by atoms with Crippen molar-refractivity contribution in [1.29, 1.82) is 0 Å². The Kier molecular flexibility index (Phi) is 6.41. The molecule has 138 valence electrons. The van der Waals surface area contributed by atoms with Crippen LogP contribution in [0.5, 0.6) is 11.5 Å². The van der Waals surface area contributed by atoms with Gasteiger partial charge < -0.3 is 9.47 Å². The standard InChI is InChI=1S/C22H21FN2O2/c1-2-26-22-14-18(15-24-25-20-6-4-3-5-7-20)10-13-21(22)27-16-17-8-11-19(23)12-9-17/h3-15,25H,2,16H2,1H3. The molecule has 0 aliphatic carbocycles. The van der Waals surface area contributed by atoms with Crippen molar-refractivity contribution < 1.29 is 13.9 Å². The third-order valence-electron chi connectivity index (χ3n) is 3.76. The largest absolute Gasteiger partial charge is 0.490 e. The Balaban J connectivity index is 1.67. The molecule has 0 saturated heterocycles. The fraction of sp³-hybridized carbons (Fsp3) is 0.136. The van der Waals surface area contributed by atoms with Gasteiger partial charge in [0.1, 0.15) is 12.4 Å². The molecule has 5 heteroatoms. The lowest BCUT2D eigenvalue weighted by atomic mass is 10.2. The first kappa shape index (κ1) is 18.5. The van der Waals surface area contributed by atoms with Gasteiger partial charge in [0.05, 0.1) is 18.5 Å². The molecule has 3 aromatic rings. The zero-order valence-electron chi connectivity index (χ0n) is 15.1. The van der Waals surface area contributed by atoms with E-state index < -0.39 is 0 Å². The molecule has 3 rings (SSSR count). The number of anilines is 1. The van der Waals surface area contributed by atoms with Crippen LogP contribution in [0.4, 0.5) is 10.1 Å². The molecule has 0 saturated carbocycles. The minimum atomic E-state index is -0.262. The van der Waals surface area contributed by atoms with Crippen LogP contribution >= 0.6 is 0 Å². The van der Waals surface area contributed by atoms with Gasteiger partial charge in [0.2, 0.25) is 0 Å². The van der Waals surface area contributed by atoms with E-state index >= 15 is 0 Å². The van der Waals surface area contributed by atoms with E-state index in [1.807, 2.05) is 55.5 Å². The Morgan fingerprint density at radius 2 is 1.70 bits per heavy atom. The van der Waals surface area contributed by atoms with Crippen molar-refractivity contribution in [3.63, 3.8) is 0 Å². The zero-order chi connectivity index (χ0) is 18.9. The minimum Gasteiger partial charge on any atom is -0.490 e. The maximum atomic E-state index is 13.0. The molecule has 4 nitrogen and oxygen atoms in total. The third kappa shape index (κ3) is 5.57. The third-order valence-corrected chi connectivity index (χ3v) is 3.76. The zero-order valence-corrected chi connectivity index (χ0v) is 15.1. The van der Waals surface area contributed by atoms with Crippen molar-refractivity contribution in [2.24, 2.45) is 5.10 Å². The van der Waals surface area contributed by atoms with Crippen LogP contribution in [0.3, 0.4) is 0 Å². The number of hydrogen-bond donors (Lipinski definition) is 1. The van der Waals surface area contributed by atoms with Crippen molar-refractivity contribution in [2.75, 3.05) is 12.0 Å². The minimum absolute atomic E-state index is 0.262. The van der Waals surface area contributed by atoms with E-state index in [1.165, 1.54) is 12.1 Å². The van der Waals surface area contributed by atoms with Gasteiger partial charge in [-0.3, -0.25) is 5.43 Å². The molecule has 0 radical (unpaired) electrons. The van der Waals surface area contributed by atoms with Crippen LogP contribution < -0.4 is 14.9 Å². The SMILES string of the molecule is CCOc1cc(C=NNc2ccccc2)ccc1OCc1ccc(F)cc1. The van der Waals surface area contributed by atoms with Crippen molar-refractivity contribution in [2.45, 2.75) is 13.5 Å². The maximum Gasteiger partial charge on any atom is 0.161 e. The normalized spacial score (nSPS) is 10.7. The second kappa shape index (κ2) is 9.38. The molecule has 0 aromatic heterocycles. The first-order valence-corrected chi connectivity index (χ1v) is 8.73. The molecule has 1 N–H and O–H groups in total. The molecule has 0 amide bonds. The van der Waals surface area contributed by atoms with E-state index in [1.54, 1.807) is 18.3 Å². The summed E-state index contributed by atoms with van der Waals surface area (Å²) in [5.74, 6) is 1.01. The quantitative estimate of drug-likeness (QED) is 0.438. The van der Waals surface area contributed by atoms with E-state index in [0.29, 0.717) is 24.7 Å². The summed E-state index contributed by atoms with van der Waals surface area (Å²) in [6.45, 7) is 2.78. The number of hydrogen-bond acceptors (Lipinski definition) is 4. The molecule has 0 bridgehead atoms. The molecule has 0 atom stereocenters. The monoisotopic (exact) mass is 364 g/mol. The Morgan fingerprint density at radius 3 is 2.44 bits per heavy atom. The summed E-state index contributed by atoms with van der Waals surface area (Å²) in [5.41, 5.74) is 5.66. The summed E-state index contributed by atoms with van der Waals surface area (Å²) in [6.07, 6.45) is 1.72. The van der Waals surface area contributed by atoms with E-state index in [2.05, 4.69) is 10.5 Å². The van der Waals surface area contributed by atoms with E-state index in [4.69, 9.17) is 9.47 Å². The first-order valence-electron chi connectivity index (χ1n) is 8.73. The fourth-order valence-corrected chi connectivity index (χ4v) is 2.43. The molecule has 0 unspecified atom stereocenters. The van der Waals surface area contributed by atoms with Gasteiger partial charge in [-0.15, -0.1) is 0 Å². The average Bonchev–Trinajstić information content (AvgIpc) is 2.70. The average molecular weight is 364 g/mol. The van der Waals surface area contributed by atoms with Gasteiger partial charge >= 0.3 is 0 Å². The molecule has 3 aromatic carbocycles. The highest BCUT2D eigenvalue weighted by Crippen LogP contribution is 2.29. The van der Waals surface area contributed by atoms with Gasteiger partial charge in [-0.05, 0) is 60.5 Å². The molecule has 0 aliphatic rings. The molecule has 27 heavy (non-hydrogen) atoms. The first-order chi connectivity index (χ1) is 13.2. The van der Waals surface area contributed by atoms with Crippen molar-refractivity contribution in [3.8, 4) is 11.5 Å². The van der Waals surface area contributed by atoms with Gasteiger partial charge in [0, 0.05) is 0 Å². The highest BCUT2D eigenvalue weighted by Gasteiger charge is 2.06. The van der Waals surface area contributed by atoms with Gasteiger partial charge in [-0.1, -0.05) is 30.3 Å². The van der Waals surface area contributed by atoms with E-state index in [-0.39, 0.29) is 5.82 Å². The fourth-order valence-electron chi connectivity index (χ4n) is 2.43. The molecular formula is C22H21FN2O2. The van der Waals surface area contributed by atoms with Crippen molar-refractivity contribution >= 4 is 11.9 Å². The molecule has 0 aliphatic heterocycles. The lowest BCUT2D eigenvalue weighted by Crippen LogP contribution is -2.00. The topological polar surface area (TPSA) is 42.8 Å². The second-order valence-corrected chi connectivity index (χ2v) is 5.79. The lowest BCUT2D eigenvalue weighted by molar-refractivity contribution is 0.269. The van der Waals surface area contributed by atoms with Gasteiger partial charge in [0.25, 0.3) is 0 Å². The number of nitrogens with zero attached hydrogens (tertiary/aromatic N) is 1. The summed E-state index contributed by atoms with van der Waals surface area (Å²) < 4.78 is 24.5. The lowest BCUT2D eigenvalue weighted by Gasteiger charge is -2.12.